The van der Waals surface area contributed by atoms with Crippen LogP contribution in [0.3, 0.4) is 0 Å². The Balaban J connectivity index is 1.60. The molecule has 3 nitrogen and oxygen atoms in total. The number of halogens is 1. The van der Waals surface area contributed by atoms with Crippen molar-refractivity contribution in [2.75, 3.05) is 0 Å². The number of hydrogen-bond donors (Lipinski definition) is 1. The van der Waals surface area contributed by atoms with Gasteiger partial charge in [0.15, 0.2) is 6.10 Å². The molecule has 1 aliphatic rings. The van der Waals surface area contributed by atoms with Crippen LogP contribution < -0.4 is 10.1 Å². The molecule has 0 unspecified atom stereocenters. The second-order valence-electron chi connectivity index (χ2n) is 6.68. The highest BCUT2D eigenvalue weighted by molar-refractivity contribution is 5.81. The number of rotatable bonds is 5. The number of ether oxygens (including phenoxy) is 1. The van der Waals surface area contributed by atoms with Crippen molar-refractivity contribution in [2.45, 2.75) is 51.7 Å². The van der Waals surface area contributed by atoms with Crippen LogP contribution in [0.4, 0.5) is 4.39 Å². The van der Waals surface area contributed by atoms with Crippen molar-refractivity contribution in [3.63, 3.8) is 0 Å². The zero-order chi connectivity index (χ0) is 17.8. The van der Waals surface area contributed by atoms with Crippen LogP contribution in [-0.2, 0) is 17.6 Å². The maximum absolute atomic E-state index is 12.9. The first-order chi connectivity index (χ1) is 12.0. The Morgan fingerprint density at radius 1 is 1.04 bits per heavy atom. The van der Waals surface area contributed by atoms with Crippen LogP contribution in [0.25, 0.3) is 0 Å². The number of nitrogens with one attached hydrogen (secondary N) is 1. The maximum atomic E-state index is 12.9. The summed E-state index contributed by atoms with van der Waals surface area (Å²) >= 11 is 0. The Kier molecular flexibility index (Phi) is 5.37. The number of amides is 1. The van der Waals surface area contributed by atoms with E-state index in [2.05, 4.69) is 23.5 Å². The van der Waals surface area contributed by atoms with Crippen LogP contribution in [0.15, 0.2) is 42.5 Å². The molecule has 3 rings (SSSR count). The zero-order valence-corrected chi connectivity index (χ0v) is 14.7. The molecule has 0 fully saturated rings. The van der Waals surface area contributed by atoms with Gasteiger partial charge in [-0.05, 0) is 80.5 Å². The topological polar surface area (TPSA) is 38.3 Å². The molecular weight excluding hydrogens is 317 g/mol. The van der Waals surface area contributed by atoms with Gasteiger partial charge in [0.2, 0.25) is 0 Å². The molecule has 132 valence electrons. The van der Waals surface area contributed by atoms with Gasteiger partial charge < -0.3 is 10.1 Å². The molecule has 2 aromatic rings. The number of hydrogen-bond acceptors (Lipinski definition) is 2. The molecule has 4 heteroatoms. The van der Waals surface area contributed by atoms with Gasteiger partial charge in [0, 0.05) is 0 Å². The predicted octanol–water partition coefficient (Wildman–Crippen LogP) is 4.35. The first kappa shape index (κ1) is 17.5. The number of carbonyl (C=O) groups is 1. The molecule has 1 N–H and O–H groups in total. The normalized spacial score (nSPS) is 15.8. The predicted molar refractivity (Wildman–Crippen MR) is 96.1 cm³/mol. The van der Waals surface area contributed by atoms with E-state index >= 15 is 0 Å². The minimum atomic E-state index is -0.648. The first-order valence-corrected chi connectivity index (χ1v) is 8.87. The smallest absolute Gasteiger partial charge is 0.261 e. The highest BCUT2D eigenvalue weighted by Crippen LogP contribution is 2.25. The van der Waals surface area contributed by atoms with Gasteiger partial charge in [-0.15, -0.1) is 0 Å². The molecule has 0 saturated carbocycles. The Morgan fingerprint density at radius 3 is 2.44 bits per heavy atom. The summed E-state index contributed by atoms with van der Waals surface area (Å²) in [4.78, 5) is 12.4. The minimum absolute atomic E-state index is 0.0843. The van der Waals surface area contributed by atoms with Gasteiger partial charge in [-0.1, -0.05) is 18.2 Å². The van der Waals surface area contributed by atoms with Crippen molar-refractivity contribution in [1.29, 1.82) is 0 Å². The molecule has 0 radical (unpaired) electrons. The Hall–Kier alpha value is -2.36. The molecule has 2 atom stereocenters. The molecule has 1 aliphatic carbocycles. The van der Waals surface area contributed by atoms with E-state index in [1.165, 1.54) is 48.2 Å². The van der Waals surface area contributed by atoms with Gasteiger partial charge in [-0.3, -0.25) is 4.79 Å². The van der Waals surface area contributed by atoms with Crippen molar-refractivity contribution < 1.29 is 13.9 Å². The highest BCUT2D eigenvalue weighted by atomic mass is 19.1. The van der Waals surface area contributed by atoms with Crippen molar-refractivity contribution in [3.8, 4) is 5.75 Å². The fourth-order valence-corrected chi connectivity index (χ4v) is 3.21. The molecule has 0 aromatic heterocycles. The van der Waals surface area contributed by atoms with Crippen molar-refractivity contribution >= 4 is 5.91 Å². The van der Waals surface area contributed by atoms with Gasteiger partial charge in [0.05, 0.1) is 6.04 Å². The van der Waals surface area contributed by atoms with E-state index < -0.39 is 6.10 Å². The van der Waals surface area contributed by atoms with Crippen molar-refractivity contribution in [1.82, 2.24) is 5.32 Å². The summed E-state index contributed by atoms with van der Waals surface area (Å²) in [6.45, 7) is 3.67. The van der Waals surface area contributed by atoms with Crippen LogP contribution in [0.2, 0.25) is 0 Å². The quantitative estimate of drug-likeness (QED) is 0.878. The van der Waals surface area contributed by atoms with Crippen LogP contribution >= 0.6 is 0 Å². The monoisotopic (exact) mass is 341 g/mol. The summed E-state index contributed by atoms with van der Waals surface area (Å²) in [5, 5.41) is 3.00. The Morgan fingerprint density at radius 2 is 1.72 bits per heavy atom. The average molecular weight is 341 g/mol. The molecule has 0 spiro atoms. The molecule has 0 heterocycles. The van der Waals surface area contributed by atoms with Crippen molar-refractivity contribution in [2.24, 2.45) is 0 Å². The average Bonchev–Trinajstić information content (AvgIpc) is 2.63. The second kappa shape index (κ2) is 7.68. The third-order valence-electron chi connectivity index (χ3n) is 4.73. The van der Waals surface area contributed by atoms with Gasteiger partial charge in [-0.25, -0.2) is 4.39 Å². The van der Waals surface area contributed by atoms with E-state index in [-0.39, 0.29) is 17.8 Å². The number of fused-ring (bicyclic) bond motifs is 1. The Bertz CT molecular complexity index is 742. The van der Waals surface area contributed by atoms with Crippen LogP contribution in [0.1, 0.15) is 49.4 Å². The zero-order valence-electron chi connectivity index (χ0n) is 14.7. The van der Waals surface area contributed by atoms with Gasteiger partial charge in [0.25, 0.3) is 5.91 Å². The fraction of sp³-hybridized carbons (Fsp3) is 0.381. The summed E-state index contributed by atoms with van der Waals surface area (Å²) < 4.78 is 18.5. The summed E-state index contributed by atoms with van der Waals surface area (Å²) in [6, 6.07) is 12.1. The summed E-state index contributed by atoms with van der Waals surface area (Å²) in [5.41, 5.74) is 3.95. The van der Waals surface area contributed by atoms with Gasteiger partial charge >= 0.3 is 0 Å². The number of benzene rings is 2. The van der Waals surface area contributed by atoms with E-state index in [1.807, 2.05) is 6.92 Å². The van der Waals surface area contributed by atoms with E-state index in [0.29, 0.717) is 5.75 Å². The standard InChI is InChI=1S/C21H24FNO2/c1-14(17-8-7-16-5-3-4-6-18(16)13-17)23-21(24)15(2)25-20-11-9-19(22)10-12-20/h7-15H,3-6H2,1-2H3,(H,23,24)/t14-,15-/m0/s1. The number of aryl methyl sites for hydroxylation is 2. The largest absolute Gasteiger partial charge is 0.481 e. The third kappa shape index (κ3) is 4.38. The van der Waals surface area contributed by atoms with Crippen LogP contribution in [0.5, 0.6) is 5.75 Å². The van der Waals surface area contributed by atoms with Crippen LogP contribution in [-0.4, -0.2) is 12.0 Å². The lowest BCUT2D eigenvalue weighted by Crippen LogP contribution is -2.37. The van der Waals surface area contributed by atoms with E-state index in [4.69, 9.17) is 4.74 Å². The van der Waals surface area contributed by atoms with E-state index in [1.54, 1.807) is 6.92 Å². The third-order valence-corrected chi connectivity index (χ3v) is 4.73. The lowest BCUT2D eigenvalue weighted by atomic mass is 9.89. The Labute approximate surface area is 148 Å². The molecule has 0 bridgehead atoms. The van der Waals surface area contributed by atoms with Gasteiger partial charge in [-0.2, -0.15) is 0 Å². The van der Waals surface area contributed by atoms with E-state index in [9.17, 15) is 9.18 Å². The molecule has 0 saturated heterocycles. The number of carbonyl (C=O) groups excluding carboxylic acids is 1. The molecule has 2 aromatic carbocycles. The molecular formula is C21H24FNO2. The lowest BCUT2D eigenvalue weighted by Gasteiger charge is -2.21. The summed E-state index contributed by atoms with van der Waals surface area (Å²) in [6.07, 6.45) is 4.12. The molecule has 25 heavy (non-hydrogen) atoms. The highest BCUT2D eigenvalue weighted by Gasteiger charge is 2.19. The van der Waals surface area contributed by atoms with Gasteiger partial charge in [0.1, 0.15) is 11.6 Å². The van der Waals surface area contributed by atoms with Crippen molar-refractivity contribution in [3.05, 3.63) is 65.0 Å². The lowest BCUT2D eigenvalue weighted by molar-refractivity contribution is -0.127. The molecule has 1 amide bonds. The SMILES string of the molecule is C[C@H](Oc1ccc(F)cc1)C(=O)N[C@@H](C)c1ccc2c(c1)CCCC2. The summed E-state index contributed by atoms with van der Waals surface area (Å²) in [5.74, 6) is -0.0366. The first-order valence-electron chi connectivity index (χ1n) is 8.87. The second-order valence-corrected chi connectivity index (χ2v) is 6.68. The van der Waals surface area contributed by atoms with Crippen LogP contribution in [0, 0.1) is 5.82 Å². The maximum Gasteiger partial charge on any atom is 0.261 e. The summed E-state index contributed by atoms with van der Waals surface area (Å²) in [7, 11) is 0. The fourth-order valence-electron chi connectivity index (χ4n) is 3.21. The van der Waals surface area contributed by atoms with E-state index in [0.717, 1.165) is 18.4 Å². The molecule has 0 aliphatic heterocycles. The minimum Gasteiger partial charge on any atom is -0.481 e.